The zero-order valence-electron chi connectivity index (χ0n) is 12.6. The van der Waals surface area contributed by atoms with E-state index < -0.39 is 0 Å². The molecular weight excluding hydrogens is 284 g/mol. The van der Waals surface area contributed by atoms with Crippen LogP contribution in [0.4, 0.5) is 0 Å². The third kappa shape index (κ3) is 2.69. The molecular formula is C20H16N2O. The highest BCUT2D eigenvalue weighted by Crippen LogP contribution is 2.36. The van der Waals surface area contributed by atoms with Gasteiger partial charge >= 0.3 is 0 Å². The summed E-state index contributed by atoms with van der Waals surface area (Å²) in [6, 6.07) is 24.6. The Morgan fingerprint density at radius 1 is 0.826 bits per heavy atom. The third-order valence-corrected chi connectivity index (χ3v) is 3.88. The van der Waals surface area contributed by atoms with E-state index in [2.05, 4.69) is 46.6 Å². The fraction of sp³-hybridized carbons (Fsp3) is 0.0500. The van der Waals surface area contributed by atoms with E-state index in [1.807, 2.05) is 42.6 Å². The van der Waals surface area contributed by atoms with Crippen LogP contribution in [0.2, 0.25) is 0 Å². The first kappa shape index (κ1) is 13.6. The van der Waals surface area contributed by atoms with E-state index in [1.54, 1.807) is 0 Å². The van der Waals surface area contributed by atoms with E-state index in [9.17, 15) is 0 Å². The summed E-state index contributed by atoms with van der Waals surface area (Å²) in [4.78, 5) is 0. The predicted molar refractivity (Wildman–Crippen MR) is 92.3 cm³/mol. The molecule has 4 aromatic rings. The molecule has 0 spiro atoms. The molecule has 0 aliphatic carbocycles. The molecule has 1 heterocycles. The number of fused-ring (bicyclic) bond motifs is 1. The summed E-state index contributed by atoms with van der Waals surface area (Å²) >= 11 is 0. The van der Waals surface area contributed by atoms with Gasteiger partial charge in [0.05, 0.1) is 5.69 Å². The van der Waals surface area contributed by atoms with Gasteiger partial charge in [0.1, 0.15) is 12.4 Å². The van der Waals surface area contributed by atoms with Crippen LogP contribution in [-0.4, -0.2) is 10.2 Å². The molecule has 112 valence electrons. The molecule has 1 aromatic heterocycles. The van der Waals surface area contributed by atoms with Gasteiger partial charge in [-0.25, -0.2) is 0 Å². The normalized spacial score (nSPS) is 10.8. The first-order valence-electron chi connectivity index (χ1n) is 7.60. The maximum atomic E-state index is 6.21. The summed E-state index contributed by atoms with van der Waals surface area (Å²) in [5, 5.41) is 9.44. The Morgan fingerprint density at radius 3 is 2.48 bits per heavy atom. The number of rotatable bonds is 4. The number of benzene rings is 3. The average Bonchev–Trinajstić information content (AvgIpc) is 3.15. The molecule has 0 radical (unpaired) electrons. The van der Waals surface area contributed by atoms with Crippen molar-refractivity contribution in [3.63, 3.8) is 0 Å². The van der Waals surface area contributed by atoms with Gasteiger partial charge in [-0.2, -0.15) is 5.10 Å². The van der Waals surface area contributed by atoms with E-state index in [0.717, 1.165) is 33.3 Å². The van der Waals surface area contributed by atoms with Crippen LogP contribution in [0.5, 0.6) is 5.75 Å². The number of hydrogen-bond acceptors (Lipinski definition) is 2. The Bertz CT molecular complexity index is 915. The molecule has 0 aliphatic heterocycles. The highest BCUT2D eigenvalue weighted by molar-refractivity contribution is 5.94. The number of nitrogens with one attached hydrogen (secondary N) is 1. The molecule has 0 atom stereocenters. The van der Waals surface area contributed by atoms with Crippen molar-refractivity contribution in [2.75, 3.05) is 0 Å². The molecule has 4 rings (SSSR count). The Hall–Kier alpha value is -3.07. The number of aromatic nitrogens is 2. The number of H-pyrrole nitrogens is 1. The summed E-state index contributed by atoms with van der Waals surface area (Å²) in [7, 11) is 0. The standard InChI is InChI=1S/C20H16N2O/c1-2-6-15(7-3-1)14-23-20-17-9-5-4-8-16(17)10-11-18(20)19-12-13-21-22-19/h1-13H,14H2,(H,21,22). The Morgan fingerprint density at radius 2 is 1.65 bits per heavy atom. The number of hydrogen-bond donors (Lipinski definition) is 1. The van der Waals surface area contributed by atoms with Crippen molar-refractivity contribution in [1.82, 2.24) is 10.2 Å². The summed E-state index contributed by atoms with van der Waals surface area (Å²) in [6.07, 6.45) is 1.82. The first-order valence-corrected chi connectivity index (χ1v) is 7.60. The van der Waals surface area contributed by atoms with Crippen molar-refractivity contribution in [3.8, 4) is 17.0 Å². The maximum absolute atomic E-state index is 6.21. The monoisotopic (exact) mass is 300 g/mol. The summed E-state index contributed by atoms with van der Waals surface area (Å²) < 4.78 is 6.21. The van der Waals surface area contributed by atoms with Crippen molar-refractivity contribution < 1.29 is 4.74 Å². The van der Waals surface area contributed by atoms with Crippen LogP contribution in [0.1, 0.15) is 5.56 Å². The number of ether oxygens (including phenoxy) is 1. The number of nitrogens with zero attached hydrogens (tertiary/aromatic N) is 1. The van der Waals surface area contributed by atoms with Crippen LogP contribution in [0, 0.1) is 0 Å². The maximum Gasteiger partial charge on any atom is 0.137 e. The smallest absolute Gasteiger partial charge is 0.137 e. The highest BCUT2D eigenvalue weighted by atomic mass is 16.5. The van der Waals surface area contributed by atoms with Crippen LogP contribution < -0.4 is 4.74 Å². The quantitative estimate of drug-likeness (QED) is 0.587. The Balaban J connectivity index is 1.80. The second-order valence-electron chi connectivity index (χ2n) is 5.40. The van der Waals surface area contributed by atoms with Crippen LogP contribution in [0.25, 0.3) is 22.0 Å². The minimum absolute atomic E-state index is 0.534. The molecule has 3 heteroatoms. The Labute approximate surface area is 134 Å². The zero-order chi connectivity index (χ0) is 15.5. The van der Waals surface area contributed by atoms with Crippen LogP contribution in [0.3, 0.4) is 0 Å². The molecule has 0 saturated heterocycles. The van der Waals surface area contributed by atoms with Gasteiger partial charge in [-0.1, -0.05) is 60.7 Å². The van der Waals surface area contributed by atoms with E-state index in [-0.39, 0.29) is 0 Å². The van der Waals surface area contributed by atoms with Gasteiger partial charge in [0.2, 0.25) is 0 Å². The molecule has 23 heavy (non-hydrogen) atoms. The minimum atomic E-state index is 0.534. The molecule has 0 fully saturated rings. The lowest BCUT2D eigenvalue weighted by atomic mass is 10.0. The molecule has 1 N–H and O–H groups in total. The van der Waals surface area contributed by atoms with Gasteiger partial charge in [0.25, 0.3) is 0 Å². The van der Waals surface area contributed by atoms with Gasteiger partial charge < -0.3 is 4.74 Å². The molecule has 0 unspecified atom stereocenters. The number of aromatic amines is 1. The van der Waals surface area contributed by atoms with Gasteiger partial charge in [-0.3, -0.25) is 5.10 Å². The lowest BCUT2D eigenvalue weighted by Crippen LogP contribution is -1.98. The summed E-state index contributed by atoms with van der Waals surface area (Å²) in [5.74, 6) is 0.874. The van der Waals surface area contributed by atoms with Gasteiger partial charge in [0.15, 0.2) is 0 Å². The van der Waals surface area contributed by atoms with Crippen molar-refractivity contribution in [1.29, 1.82) is 0 Å². The molecule has 0 saturated carbocycles. The topological polar surface area (TPSA) is 37.9 Å². The highest BCUT2D eigenvalue weighted by Gasteiger charge is 2.12. The van der Waals surface area contributed by atoms with E-state index >= 15 is 0 Å². The van der Waals surface area contributed by atoms with Crippen molar-refractivity contribution in [2.45, 2.75) is 6.61 Å². The molecule has 3 aromatic carbocycles. The second kappa shape index (κ2) is 5.97. The van der Waals surface area contributed by atoms with Gasteiger partial charge in [0, 0.05) is 17.1 Å². The Kier molecular flexibility index (Phi) is 3.53. The molecule has 0 bridgehead atoms. The third-order valence-electron chi connectivity index (χ3n) is 3.88. The second-order valence-corrected chi connectivity index (χ2v) is 5.40. The fourth-order valence-corrected chi connectivity index (χ4v) is 2.74. The molecule has 0 aliphatic rings. The van der Waals surface area contributed by atoms with E-state index in [0.29, 0.717) is 6.61 Å². The molecule has 3 nitrogen and oxygen atoms in total. The predicted octanol–water partition coefficient (Wildman–Crippen LogP) is 4.81. The largest absolute Gasteiger partial charge is 0.488 e. The van der Waals surface area contributed by atoms with Crippen molar-refractivity contribution in [3.05, 3.63) is 84.6 Å². The lowest BCUT2D eigenvalue weighted by molar-refractivity contribution is 0.311. The van der Waals surface area contributed by atoms with E-state index in [4.69, 9.17) is 4.74 Å². The zero-order valence-corrected chi connectivity index (χ0v) is 12.6. The van der Waals surface area contributed by atoms with Crippen molar-refractivity contribution in [2.24, 2.45) is 0 Å². The molecule has 0 amide bonds. The summed E-state index contributed by atoms with van der Waals surface area (Å²) in [5.41, 5.74) is 3.04. The average molecular weight is 300 g/mol. The summed E-state index contributed by atoms with van der Waals surface area (Å²) in [6.45, 7) is 0.534. The first-order chi connectivity index (χ1) is 11.4. The minimum Gasteiger partial charge on any atom is -0.488 e. The van der Waals surface area contributed by atoms with Crippen LogP contribution in [0.15, 0.2) is 79.0 Å². The SMILES string of the molecule is c1ccc(COc2c(-c3cc[nH]n3)ccc3ccccc23)cc1. The van der Waals surface area contributed by atoms with Crippen molar-refractivity contribution >= 4 is 10.8 Å². The lowest BCUT2D eigenvalue weighted by Gasteiger charge is -2.13. The fourth-order valence-electron chi connectivity index (χ4n) is 2.74. The van der Waals surface area contributed by atoms with Crippen LogP contribution >= 0.6 is 0 Å². The van der Waals surface area contributed by atoms with Crippen LogP contribution in [-0.2, 0) is 6.61 Å². The van der Waals surface area contributed by atoms with Gasteiger partial charge in [-0.15, -0.1) is 0 Å². The van der Waals surface area contributed by atoms with Gasteiger partial charge in [-0.05, 0) is 23.1 Å². The van der Waals surface area contributed by atoms with E-state index in [1.165, 1.54) is 0 Å².